The van der Waals surface area contributed by atoms with E-state index >= 15 is 0 Å². The number of rotatable bonds is 5. The molecule has 0 unspecified atom stereocenters. The second-order valence-electron chi connectivity index (χ2n) is 5.35. The van der Waals surface area contributed by atoms with Gasteiger partial charge in [0, 0.05) is 0 Å². The third kappa shape index (κ3) is 4.05. The lowest BCUT2D eigenvalue weighted by atomic mass is 10.2. The SMILES string of the molecule is COc1cc(/C=N\Nc2cnn(-c3ccccc3)c(=O)c2Cl)cc(Cl)c1O. The molecular weight excluding hydrogens is 391 g/mol. The number of phenols is 1. The third-order valence-corrected chi connectivity index (χ3v) is 4.24. The molecule has 7 nitrogen and oxygen atoms in total. The predicted octanol–water partition coefficient (Wildman–Crippen LogP) is 3.70. The third-order valence-electron chi connectivity index (χ3n) is 3.59. The lowest BCUT2D eigenvalue weighted by molar-refractivity contribution is 0.373. The number of benzene rings is 2. The number of hydrazone groups is 1. The number of para-hydroxylation sites is 1. The van der Waals surface area contributed by atoms with Crippen molar-refractivity contribution in [3.8, 4) is 17.2 Å². The van der Waals surface area contributed by atoms with Gasteiger partial charge in [-0.1, -0.05) is 41.4 Å². The average molecular weight is 405 g/mol. The molecule has 2 aromatic carbocycles. The topological polar surface area (TPSA) is 88.7 Å². The van der Waals surface area contributed by atoms with Gasteiger partial charge in [0.1, 0.15) is 10.7 Å². The van der Waals surface area contributed by atoms with Crippen LogP contribution in [0.4, 0.5) is 5.69 Å². The molecule has 1 heterocycles. The van der Waals surface area contributed by atoms with E-state index in [1.165, 1.54) is 30.3 Å². The van der Waals surface area contributed by atoms with Crippen molar-refractivity contribution in [2.24, 2.45) is 5.10 Å². The Bertz CT molecular complexity index is 1050. The summed E-state index contributed by atoms with van der Waals surface area (Å²) in [6.45, 7) is 0. The molecule has 0 amide bonds. The molecule has 0 aliphatic rings. The summed E-state index contributed by atoms with van der Waals surface area (Å²) in [7, 11) is 1.41. The van der Waals surface area contributed by atoms with E-state index in [9.17, 15) is 9.90 Å². The fraction of sp³-hybridized carbons (Fsp3) is 0.0556. The number of phenolic OH excluding ortho intramolecular Hbond substituents is 1. The fourth-order valence-electron chi connectivity index (χ4n) is 2.26. The molecule has 1 aromatic heterocycles. The predicted molar refractivity (Wildman–Crippen MR) is 106 cm³/mol. The zero-order chi connectivity index (χ0) is 19.4. The molecule has 0 fully saturated rings. The normalized spacial score (nSPS) is 10.9. The maximum Gasteiger partial charge on any atom is 0.292 e. The van der Waals surface area contributed by atoms with Gasteiger partial charge in [-0.15, -0.1) is 0 Å². The molecule has 3 aromatic rings. The standard InChI is InChI=1S/C18H14Cl2N4O3/c1-27-15-8-11(7-13(19)17(15)25)9-21-23-14-10-22-24(18(26)16(14)20)12-5-3-2-4-6-12/h2-10,23,25H,1H3/b21-9-. The number of anilines is 1. The Morgan fingerprint density at radius 1 is 1.26 bits per heavy atom. The Morgan fingerprint density at radius 2 is 2.00 bits per heavy atom. The Labute approximate surface area is 164 Å². The highest BCUT2D eigenvalue weighted by Crippen LogP contribution is 2.34. The molecule has 0 atom stereocenters. The number of methoxy groups -OCH3 is 1. The van der Waals surface area contributed by atoms with Crippen LogP contribution in [0.15, 0.2) is 58.6 Å². The second-order valence-corrected chi connectivity index (χ2v) is 6.13. The van der Waals surface area contributed by atoms with Crippen LogP contribution in [0, 0.1) is 0 Å². The van der Waals surface area contributed by atoms with Gasteiger partial charge in [-0.25, -0.2) is 0 Å². The van der Waals surface area contributed by atoms with Crippen LogP contribution < -0.4 is 15.7 Å². The van der Waals surface area contributed by atoms with Gasteiger partial charge in [0.15, 0.2) is 11.5 Å². The maximum absolute atomic E-state index is 12.4. The van der Waals surface area contributed by atoms with E-state index in [2.05, 4.69) is 15.6 Å². The van der Waals surface area contributed by atoms with Crippen LogP contribution in [0.25, 0.3) is 5.69 Å². The molecule has 0 bridgehead atoms. The van der Waals surface area contributed by atoms with Crippen molar-refractivity contribution in [3.05, 3.63) is 74.6 Å². The first-order chi connectivity index (χ1) is 13.0. The van der Waals surface area contributed by atoms with Crippen molar-refractivity contribution in [2.75, 3.05) is 12.5 Å². The van der Waals surface area contributed by atoms with Crippen molar-refractivity contribution in [3.63, 3.8) is 0 Å². The zero-order valence-electron chi connectivity index (χ0n) is 14.1. The van der Waals surface area contributed by atoms with Crippen LogP contribution in [0.3, 0.4) is 0 Å². The molecular formula is C18H14Cl2N4O3. The quantitative estimate of drug-likeness (QED) is 0.499. The fourth-order valence-corrected chi connectivity index (χ4v) is 2.65. The molecule has 9 heteroatoms. The van der Waals surface area contributed by atoms with Gasteiger partial charge in [0.2, 0.25) is 0 Å². The lowest BCUT2D eigenvalue weighted by Crippen LogP contribution is -2.22. The second kappa shape index (κ2) is 8.11. The minimum Gasteiger partial charge on any atom is -0.503 e. The maximum atomic E-state index is 12.4. The first-order valence-electron chi connectivity index (χ1n) is 7.70. The molecule has 0 aliphatic heterocycles. The van der Waals surface area contributed by atoms with Crippen LogP contribution >= 0.6 is 23.2 Å². The summed E-state index contributed by atoms with van der Waals surface area (Å²) in [5.41, 5.74) is 3.62. The molecule has 0 aliphatic carbocycles. The lowest BCUT2D eigenvalue weighted by Gasteiger charge is -2.08. The number of nitrogens with one attached hydrogen (secondary N) is 1. The summed E-state index contributed by atoms with van der Waals surface area (Å²) < 4.78 is 6.23. The monoisotopic (exact) mass is 404 g/mol. The van der Waals surface area contributed by atoms with Gasteiger partial charge in [0.05, 0.1) is 30.2 Å². The molecule has 0 spiro atoms. The van der Waals surface area contributed by atoms with Gasteiger partial charge in [-0.3, -0.25) is 10.2 Å². The number of hydrogen-bond donors (Lipinski definition) is 2. The summed E-state index contributed by atoms with van der Waals surface area (Å²) in [6, 6.07) is 12.0. The van der Waals surface area contributed by atoms with E-state index < -0.39 is 5.56 Å². The Balaban J connectivity index is 1.83. The first-order valence-corrected chi connectivity index (χ1v) is 8.45. The minimum atomic E-state index is -0.475. The molecule has 138 valence electrons. The Morgan fingerprint density at radius 3 is 2.70 bits per heavy atom. The highest BCUT2D eigenvalue weighted by Gasteiger charge is 2.10. The van der Waals surface area contributed by atoms with Crippen LogP contribution in [0.2, 0.25) is 10.0 Å². The van der Waals surface area contributed by atoms with Gasteiger partial charge >= 0.3 is 0 Å². The number of hydrogen-bond acceptors (Lipinski definition) is 6. The van der Waals surface area contributed by atoms with Crippen molar-refractivity contribution in [1.82, 2.24) is 9.78 Å². The van der Waals surface area contributed by atoms with Gasteiger partial charge < -0.3 is 9.84 Å². The molecule has 2 N–H and O–H groups in total. The highest BCUT2D eigenvalue weighted by molar-refractivity contribution is 6.33. The van der Waals surface area contributed by atoms with Gasteiger partial charge in [0.25, 0.3) is 5.56 Å². The summed E-state index contributed by atoms with van der Waals surface area (Å²) in [6.07, 6.45) is 2.84. The van der Waals surface area contributed by atoms with E-state index in [1.54, 1.807) is 30.3 Å². The number of nitrogens with zero attached hydrogens (tertiary/aromatic N) is 3. The Kier molecular flexibility index (Phi) is 5.63. The van der Waals surface area contributed by atoms with Gasteiger partial charge in [-0.2, -0.15) is 14.9 Å². The van der Waals surface area contributed by atoms with E-state index in [1.807, 2.05) is 6.07 Å². The number of aromatic hydroxyl groups is 1. The summed E-state index contributed by atoms with van der Waals surface area (Å²) in [5.74, 6) is 0.0650. The molecule has 27 heavy (non-hydrogen) atoms. The molecule has 3 rings (SSSR count). The first kappa shape index (κ1) is 18.8. The van der Waals surface area contributed by atoms with E-state index in [0.717, 1.165) is 0 Å². The highest BCUT2D eigenvalue weighted by atomic mass is 35.5. The van der Waals surface area contributed by atoms with Crippen molar-refractivity contribution in [2.45, 2.75) is 0 Å². The number of ether oxygens (including phenoxy) is 1. The van der Waals surface area contributed by atoms with E-state index in [4.69, 9.17) is 27.9 Å². The van der Waals surface area contributed by atoms with Crippen LogP contribution in [-0.4, -0.2) is 28.2 Å². The molecule has 0 radical (unpaired) electrons. The Hall–Kier alpha value is -3.03. The van der Waals surface area contributed by atoms with Crippen molar-refractivity contribution < 1.29 is 9.84 Å². The summed E-state index contributed by atoms with van der Waals surface area (Å²) in [4.78, 5) is 12.4. The molecule has 0 saturated carbocycles. The number of halogens is 2. The summed E-state index contributed by atoms with van der Waals surface area (Å²) >= 11 is 12.1. The average Bonchev–Trinajstić information content (AvgIpc) is 2.68. The van der Waals surface area contributed by atoms with Crippen LogP contribution in [-0.2, 0) is 0 Å². The van der Waals surface area contributed by atoms with E-state index in [0.29, 0.717) is 11.3 Å². The zero-order valence-corrected chi connectivity index (χ0v) is 15.6. The van der Waals surface area contributed by atoms with Crippen molar-refractivity contribution >= 4 is 35.1 Å². The summed E-state index contributed by atoms with van der Waals surface area (Å²) in [5, 5.41) is 17.9. The largest absolute Gasteiger partial charge is 0.503 e. The van der Waals surface area contributed by atoms with E-state index in [-0.39, 0.29) is 27.2 Å². The van der Waals surface area contributed by atoms with Crippen LogP contribution in [0.1, 0.15) is 5.56 Å². The molecule has 0 saturated heterocycles. The van der Waals surface area contributed by atoms with Gasteiger partial charge in [-0.05, 0) is 29.8 Å². The van der Waals surface area contributed by atoms with Crippen molar-refractivity contribution in [1.29, 1.82) is 0 Å². The van der Waals surface area contributed by atoms with Crippen LogP contribution in [0.5, 0.6) is 11.5 Å². The smallest absolute Gasteiger partial charge is 0.292 e. The minimum absolute atomic E-state index is 0.0488. The number of aromatic nitrogens is 2.